The largest absolute Gasteiger partial charge is 0.374 e. The van der Waals surface area contributed by atoms with Crippen LogP contribution in [0.5, 0.6) is 0 Å². The van der Waals surface area contributed by atoms with Crippen molar-refractivity contribution in [2.45, 2.75) is 26.8 Å². The van der Waals surface area contributed by atoms with E-state index in [4.69, 9.17) is 0 Å². The number of hydrogen-bond donors (Lipinski definition) is 1. The molecule has 1 aliphatic rings. The summed E-state index contributed by atoms with van der Waals surface area (Å²) in [6, 6.07) is 22.5. The summed E-state index contributed by atoms with van der Waals surface area (Å²) in [6.45, 7) is 12.3. The molecule has 0 radical (unpaired) electrons. The third-order valence-electron chi connectivity index (χ3n) is 6.45. The first kappa shape index (κ1) is 22.2. The molecule has 1 amide bonds. The van der Waals surface area contributed by atoms with Crippen molar-refractivity contribution in [3.05, 3.63) is 66.7 Å². The van der Waals surface area contributed by atoms with Gasteiger partial charge in [0.15, 0.2) is 0 Å². The second-order valence-corrected chi connectivity index (χ2v) is 8.41. The molecule has 3 aromatic rings. The Morgan fingerprint density at radius 1 is 0.938 bits per heavy atom. The van der Waals surface area contributed by atoms with E-state index in [0.29, 0.717) is 6.54 Å². The number of nitrogens with zero attached hydrogens (tertiary/aromatic N) is 3. The summed E-state index contributed by atoms with van der Waals surface area (Å²) in [6.07, 6.45) is 0. The second-order valence-electron chi connectivity index (χ2n) is 8.41. The molecule has 3 aromatic carbocycles. The smallest absolute Gasteiger partial charge is 0.249 e. The Morgan fingerprint density at radius 3 is 2.31 bits per heavy atom. The highest BCUT2D eigenvalue weighted by atomic mass is 16.2. The van der Waals surface area contributed by atoms with Gasteiger partial charge in [0.1, 0.15) is 6.04 Å². The molecular weight excluding hydrogens is 396 g/mol. The molecule has 32 heavy (non-hydrogen) atoms. The van der Waals surface area contributed by atoms with Gasteiger partial charge < -0.3 is 20.0 Å². The van der Waals surface area contributed by atoms with Crippen molar-refractivity contribution in [1.29, 1.82) is 0 Å². The van der Waals surface area contributed by atoms with Gasteiger partial charge in [-0.3, -0.25) is 4.79 Å². The number of nitrogens with one attached hydrogen (secondary N) is 1. The lowest BCUT2D eigenvalue weighted by Gasteiger charge is -2.35. The molecule has 1 N–H and O–H groups in total. The van der Waals surface area contributed by atoms with Crippen molar-refractivity contribution in [2.24, 2.45) is 0 Å². The molecule has 1 atom stereocenters. The van der Waals surface area contributed by atoms with Gasteiger partial charge in [-0.05, 0) is 56.1 Å². The average Bonchev–Trinajstić information content (AvgIpc) is 2.85. The SMILES string of the molecule is CCN1CCN(c2ccc(N[C@@H](C)C(=O)N(CC)c3cccc4ccccc34)cc2)CC1. The molecule has 0 spiro atoms. The van der Waals surface area contributed by atoms with E-state index < -0.39 is 0 Å². The van der Waals surface area contributed by atoms with Crippen LogP contribution in [0.25, 0.3) is 10.8 Å². The lowest BCUT2D eigenvalue weighted by Crippen LogP contribution is -2.46. The molecule has 5 nitrogen and oxygen atoms in total. The van der Waals surface area contributed by atoms with Crippen molar-refractivity contribution < 1.29 is 4.79 Å². The number of carbonyl (C=O) groups is 1. The number of piperazine rings is 1. The van der Waals surface area contributed by atoms with Gasteiger partial charge in [0.2, 0.25) is 5.91 Å². The highest BCUT2D eigenvalue weighted by Crippen LogP contribution is 2.27. The number of amides is 1. The lowest BCUT2D eigenvalue weighted by molar-refractivity contribution is -0.118. The first-order chi connectivity index (χ1) is 15.6. The number of likely N-dealkylation sites (N-methyl/N-ethyl adjacent to an activating group) is 2. The highest BCUT2D eigenvalue weighted by molar-refractivity contribution is 6.06. The summed E-state index contributed by atoms with van der Waals surface area (Å²) in [7, 11) is 0. The zero-order valence-corrected chi connectivity index (χ0v) is 19.4. The van der Waals surface area contributed by atoms with Crippen LogP contribution < -0.4 is 15.1 Å². The van der Waals surface area contributed by atoms with Gasteiger partial charge in [-0.15, -0.1) is 0 Å². The van der Waals surface area contributed by atoms with E-state index in [0.717, 1.165) is 54.9 Å². The number of hydrogen-bond acceptors (Lipinski definition) is 4. The quantitative estimate of drug-likeness (QED) is 0.582. The molecule has 0 saturated carbocycles. The van der Waals surface area contributed by atoms with Crippen LogP contribution in [0.2, 0.25) is 0 Å². The van der Waals surface area contributed by atoms with Crippen LogP contribution in [0.1, 0.15) is 20.8 Å². The number of rotatable bonds is 7. The first-order valence-electron chi connectivity index (χ1n) is 11.7. The first-order valence-corrected chi connectivity index (χ1v) is 11.7. The normalized spacial score (nSPS) is 15.5. The minimum Gasteiger partial charge on any atom is -0.374 e. The molecule has 4 rings (SSSR count). The van der Waals surface area contributed by atoms with Gasteiger partial charge >= 0.3 is 0 Å². The summed E-state index contributed by atoms with van der Waals surface area (Å²) in [5.41, 5.74) is 3.18. The van der Waals surface area contributed by atoms with Crippen molar-refractivity contribution >= 4 is 33.7 Å². The van der Waals surface area contributed by atoms with Crippen molar-refractivity contribution in [3.8, 4) is 0 Å². The minimum absolute atomic E-state index is 0.0728. The molecule has 0 aliphatic carbocycles. The maximum absolute atomic E-state index is 13.3. The maximum Gasteiger partial charge on any atom is 0.249 e. The van der Waals surface area contributed by atoms with Crippen molar-refractivity contribution in [2.75, 3.05) is 54.4 Å². The molecule has 0 bridgehead atoms. The number of fused-ring (bicyclic) bond motifs is 1. The van der Waals surface area contributed by atoms with E-state index in [9.17, 15) is 4.79 Å². The van der Waals surface area contributed by atoms with E-state index >= 15 is 0 Å². The summed E-state index contributed by atoms with van der Waals surface area (Å²) in [5.74, 6) is 0.0728. The Labute approximate surface area is 191 Å². The summed E-state index contributed by atoms with van der Waals surface area (Å²) >= 11 is 0. The summed E-state index contributed by atoms with van der Waals surface area (Å²) in [5, 5.41) is 5.65. The Hall–Kier alpha value is -3.05. The molecule has 1 fully saturated rings. The number of benzene rings is 3. The van der Waals surface area contributed by atoms with Gasteiger partial charge in [-0.1, -0.05) is 43.3 Å². The van der Waals surface area contributed by atoms with Crippen LogP contribution in [-0.2, 0) is 4.79 Å². The van der Waals surface area contributed by atoms with Crippen molar-refractivity contribution in [1.82, 2.24) is 4.90 Å². The van der Waals surface area contributed by atoms with E-state index in [1.807, 2.05) is 43.0 Å². The van der Waals surface area contributed by atoms with Crippen LogP contribution in [0.4, 0.5) is 17.1 Å². The van der Waals surface area contributed by atoms with Gasteiger partial charge in [0, 0.05) is 49.5 Å². The fraction of sp³-hybridized carbons (Fsp3) is 0.370. The monoisotopic (exact) mass is 430 g/mol. The van der Waals surface area contributed by atoms with Crippen LogP contribution in [0.15, 0.2) is 66.7 Å². The predicted molar refractivity (Wildman–Crippen MR) is 136 cm³/mol. The van der Waals surface area contributed by atoms with E-state index in [-0.39, 0.29) is 11.9 Å². The molecule has 0 aromatic heterocycles. The molecule has 1 saturated heterocycles. The zero-order chi connectivity index (χ0) is 22.5. The third kappa shape index (κ3) is 4.73. The molecular formula is C27H34N4O. The predicted octanol–water partition coefficient (Wildman–Crippen LogP) is 4.84. The van der Waals surface area contributed by atoms with Gasteiger partial charge in [0.05, 0.1) is 5.69 Å². The van der Waals surface area contributed by atoms with Crippen LogP contribution in [0.3, 0.4) is 0 Å². The second kappa shape index (κ2) is 10.0. The zero-order valence-electron chi connectivity index (χ0n) is 19.4. The topological polar surface area (TPSA) is 38.8 Å². The number of carbonyl (C=O) groups excluding carboxylic acids is 1. The van der Waals surface area contributed by atoms with Crippen LogP contribution in [0, 0.1) is 0 Å². The van der Waals surface area contributed by atoms with Gasteiger partial charge in [-0.25, -0.2) is 0 Å². The van der Waals surface area contributed by atoms with Crippen LogP contribution >= 0.6 is 0 Å². The van der Waals surface area contributed by atoms with E-state index in [1.54, 1.807) is 0 Å². The fourth-order valence-electron chi connectivity index (χ4n) is 4.52. The summed E-state index contributed by atoms with van der Waals surface area (Å²) < 4.78 is 0. The van der Waals surface area contributed by atoms with Gasteiger partial charge in [-0.2, -0.15) is 0 Å². The molecule has 1 aliphatic heterocycles. The Kier molecular flexibility index (Phi) is 6.96. The van der Waals surface area contributed by atoms with Gasteiger partial charge in [0.25, 0.3) is 0 Å². The van der Waals surface area contributed by atoms with Crippen LogP contribution in [-0.4, -0.2) is 56.1 Å². The third-order valence-corrected chi connectivity index (χ3v) is 6.45. The average molecular weight is 431 g/mol. The number of anilines is 3. The minimum atomic E-state index is -0.326. The lowest BCUT2D eigenvalue weighted by atomic mass is 10.1. The standard InChI is InChI=1S/C27H34N4O/c1-4-29-17-19-30(20-18-29)24-15-13-23(14-16-24)28-21(3)27(32)31(5-2)26-12-8-10-22-9-6-7-11-25(22)26/h6-16,21,28H,4-5,17-20H2,1-3H3/t21-/m0/s1. The Morgan fingerprint density at radius 2 is 1.62 bits per heavy atom. The molecule has 1 heterocycles. The Bertz CT molecular complexity index is 1040. The molecule has 0 unspecified atom stereocenters. The molecule has 5 heteroatoms. The maximum atomic E-state index is 13.3. The fourth-order valence-corrected chi connectivity index (χ4v) is 4.52. The highest BCUT2D eigenvalue weighted by Gasteiger charge is 2.22. The van der Waals surface area contributed by atoms with Crippen molar-refractivity contribution in [3.63, 3.8) is 0 Å². The summed E-state index contributed by atoms with van der Waals surface area (Å²) in [4.78, 5) is 20.1. The molecule has 168 valence electrons. The van der Waals surface area contributed by atoms with E-state index in [1.165, 1.54) is 5.69 Å². The van der Waals surface area contributed by atoms with E-state index in [2.05, 4.69) is 64.5 Å². The Balaban J connectivity index is 1.43.